The van der Waals surface area contributed by atoms with Crippen LogP contribution in [0.3, 0.4) is 0 Å². The first kappa shape index (κ1) is 14.7. The second-order valence-electron chi connectivity index (χ2n) is 4.22. The van der Waals surface area contributed by atoms with E-state index < -0.39 is 32.4 Å². The number of hydrogen-bond donors (Lipinski definition) is 1. The number of aromatic nitrogens is 2. The summed E-state index contributed by atoms with van der Waals surface area (Å²) in [7, 11) is -4.45. The molecule has 1 aromatic heterocycles. The molecule has 0 radical (unpaired) electrons. The molecule has 1 N–H and O–H groups in total. The second-order valence-corrected chi connectivity index (χ2v) is 6.40. The van der Waals surface area contributed by atoms with Crippen molar-refractivity contribution in [1.82, 2.24) is 8.75 Å². The van der Waals surface area contributed by atoms with Crippen molar-refractivity contribution in [3.8, 4) is 0 Å². The van der Waals surface area contributed by atoms with Gasteiger partial charge in [0.15, 0.2) is 17.5 Å². The summed E-state index contributed by atoms with van der Waals surface area (Å²) in [5.41, 5.74) is 0.797. The van der Waals surface area contributed by atoms with Gasteiger partial charge in [0.2, 0.25) is 0 Å². The summed E-state index contributed by atoms with van der Waals surface area (Å²) in [6.07, 6.45) is 0. The van der Waals surface area contributed by atoms with Crippen molar-refractivity contribution in [3.05, 3.63) is 47.8 Å². The molecule has 0 saturated heterocycles. The van der Waals surface area contributed by atoms with Crippen molar-refractivity contribution in [2.45, 2.75) is 4.90 Å². The molecule has 0 aliphatic rings. The third-order valence-electron chi connectivity index (χ3n) is 2.82. The van der Waals surface area contributed by atoms with E-state index in [9.17, 15) is 21.6 Å². The van der Waals surface area contributed by atoms with Crippen molar-refractivity contribution in [2.75, 3.05) is 4.72 Å². The summed E-state index contributed by atoms with van der Waals surface area (Å²) >= 11 is 0.878. The van der Waals surface area contributed by atoms with Gasteiger partial charge in [0.05, 0.1) is 17.4 Å². The minimum Gasteiger partial charge on any atom is -0.277 e. The lowest BCUT2D eigenvalue weighted by Crippen LogP contribution is -2.16. The van der Waals surface area contributed by atoms with Crippen molar-refractivity contribution < 1.29 is 21.6 Å². The normalized spacial score (nSPS) is 11.8. The number of sulfonamides is 1. The van der Waals surface area contributed by atoms with E-state index in [4.69, 9.17) is 0 Å². The first-order valence-corrected chi connectivity index (χ1v) is 7.99. The van der Waals surface area contributed by atoms with E-state index in [1.807, 2.05) is 0 Å². The molecule has 3 aromatic rings. The van der Waals surface area contributed by atoms with Gasteiger partial charge in [-0.2, -0.15) is 8.75 Å². The van der Waals surface area contributed by atoms with Crippen LogP contribution in [0.5, 0.6) is 0 Å². The average molecular weight is 345 g/mol. The summed E-state index contributed by atoms with van der Waals surface area (Å²) in [5.74, 6) is -5.10. The Balaban J connectivity index is 2.08. The third-order valence-corrected chi connectivity index (χ3v) is 4.75. The molecule has 0 spiro atoms. The number of halogens is 3. The zero-order chi connectivity index (χ0) is 15.9. The molecule has 2 aromatic carbocycles. The lowest BCUT2D eigenvalue weighted by Gasteiger charge is -2.09. The summed E-state index contributed by atoms with van der Waals surface area (Å²) in [6, 6.07) is 5.74. The molecule has 0 saturated carbocycles. The summed E-state index contributed by atoms with van der Waals surface area (Å²) in [5, 5.41) is 0. The van der Waals surface area contributed by atoms with E-state index in [0.717, 1.165) is 11.7 Å². The van der Waals surface area contributed by atoms with Crippen LogP contribution in [0, 0.1) is 17.5 Å². The van der Waals surface area contributed by atoms with E-state index in [2.05, 4.69) is 13.5 Å². The average Bonchev–Trinajstić information content (AvgIpc) is 2.94. The molecular weight excluding hydrogens is 339 g/mol. The molecular formula is C12H6F3N3O2S2. The van der Waals surface area contributed by atoms with Crippen molar-refractivity contribution in [1.29, 1.82) is 0 Å². The number of nitrogens with zero attached hydrogens (tertiary/aromatic N) is 2. The fourth-order valence-electron chi connectivity index (χ4n) is 1.80. The van der Waals surface area contributed by atoms with Gasteiger partial charge in [-0.25, -0.2) is 21.6 Å². The standard InChI is InChI=1S/C12H6F3N3O2S2/c13-6-4-5-9(11(15)10(6)14)22(19,20)18-8-3-1-2-7-12(8)17-21-16-7/h1-5,18H. The van der Waals surface area contributed by atoms with Crippen molar-refractivity contribution in [3.63, 3.8) is 0 Å². The number of fused-ring (bicyclic) bond motifs is 1. The Kier molecular flexibility index (Phi) is 3.49. The molecule has 1 heterocycles. The summed E-state index contributed by atoms with van der Waals surface area (Å²) < 4.78 is 74.0. The highest BCUT2D eigenvalue weighted by Crippen LogP contribution is 2.26. The first-order chi connectivity index (χ1) is 10.4. The molecule has 0 bridgehead atoms. The van der Waals surface area contributed by atoms with E-state index in [0.29, 0.717) is 17.6 Å². The molecule has 5 nitrogen and oxygen atoms in total. The van der Waals surface area contributed by atoms with Gasteiger partial charge in [-0.05, 0) is 24.3 Å². The Labute approximate surface area is 126 Å². The second kappa shape index (κ2) is 5.21. The smallest absolute Gasteiger partial charge is 0.265 e. The fraction of sp³-hybridized carbons (Fsp3) is 0. The fourth-order valence-corrected chi connectivity index (χ4v) is 3.49. The molecule has 3 rings (SSSR count). The number of anilines is 1. The van der Waals surface area contributed by atoms with Crippen LogP contribution in [0.1, 0.15) is 0 Å². The monoisotopic (exact) mass is 345 g/mol. The molecule has 0 fully saturated rings. The predicted octanol–water partition coefficient (Wildman–Crippen LogP) is 2.91. The lowest BCUT2D eigenvalue weighted by molar-refractivity contribution is 0.432. The Bertz CT molecular complexity index is 973. The van der Waals surface area contributed by atoms with Crippen LogP contribution in [0.4, 0.5) is 18.9 Å². The van der Waals surface area contributed by atoms with Crippen LogP contribution in [0.2, 0.25) is 0 Å². The zero-order valence-electron chi connectivity index (χ0n) is 10.5. The Morgan fingerprint density at radius 1 is 1.00 bits per heavy atom. The lowest BCUT2D eigenvalue weighted by atomic mass is 10.3. The number of rotatable bonds is 3. The molecule has 10 heteroatoms. The quantitative estimate of drug-likeness (QED) is 0.741. The highest BCUT2D eigenvalue weighted by Gasteiger charge is 2.25. The molecule has 0 unspecified atom stereocenters. The molecule has 114 valence electrons. The maximum atomic E-state index is 13.7. The van der Waals surface area contributed by atoms with Crippen molar-refractivity contribution >= 4 is 38.5 Å². The minimum absolute atomic E-state index is 0.0652. The number of nitrogens with one attached hydrogen (secondary N) is 1. The SMILES string of the molecule is O=S(=O)(Nc1cccc2nsnc12)c1ccc(F)c(F)c1F. The van der Waals surface area contributed by atoms with Gasteiger partial charge in [0.25, 0.3) is 10.0 Å². The van der Waals surface area contributed by atoms with Gasteiger partial charge in [-0.1, -0.05) is 6.07 Å². The Morgan fingerprint density at radius 3 is 2.55 bits per heavy atom. The Hall–Kier alpha value is -2.20. The molecule has 0 aliphatic carbocycles. The highest BCUT2D eigenvalue weighted by molar-refractivity contribution is 7.92. The number of hydrogen-bond acceptors (Lipinski definition) is 5. The van der Waals surface area contributed by atoms with E-state index >= 15 is 0 Å². The van der Waals surface area contributed by atoms with Gasteiger partial charge >= 0.3 is 0 Å². The van der Waals surface area contributed by atoms with Crippen LogP contribution in [-0.2, 0) is 10.0 Å². The van der Waals surface area contributed by atoms with E-state index in [1.165, 1.54) is 12.1 Å². The van der Waals surface area contributed by atoms with Crippen LogP contribution >= 0.6 is 11.7 Å². The first-order valence-electron chi connectivity index (χ1n) is 5.78. The van der Waals surface area contributed by atoms with Gasteiger partial charge in [-0.15, -0.1) is 0 Å². The maximum Gasteiger partial charge on any atom is 0.265 e. The topological polar surface area (TPSA) is 72.0 Å². The third kappa shape index (κ3) is 2.40. The van der Waals surface area contributed by atoms with Gasteiger partial charge in [0, 0.05) is 0 Å². The van der Waals surface area contributed by atoms with Crippen LogP contribution in [-0.4, -0.2) is 17.2 Å². The predicted molar refractivity (Wildman–Crippen MR) is 74.5 cm³/mol. The molecule has 0 atom stereocenters. The zero-order valence-corrected chi connectivity index (χ0v) is 12.2. The van der Waals surface area contributed by atoms with E-state index in [-0.39, 0.29) is 11.2 Å². The Morgan fingerprint density at radius 2 is 1.77 bits per heavy atom. The summed E-state index contributed by atoms with van der Waals surface area (Å²) in [6.45, 7) is 0. The van der Waals surface area contributed by atoms with Crippen LogP contribution < -0.4 is 4.72 Å². The minimum atomic E-state index is -4.45. The molecule has 22 heavy (non-hydrogen) atoms. The van der Waals surface area contributed by atoms with Gasteiger partial charge < -0.3 is 0 Å². The summed E-state index contributed by atoms with van der Waals surface area (Å²) in [4.78, 5) is -0.994. The molecule has 0 amide bonds. The number of benzene rings is 2. The van der Waals surface area contributed by atoms with Crippen LogP contribution in [0.15, 0.2) is 35.2 Å². The van der Waals surface area contributed by atoms with Crippen LogP contribution in [0.25, 0.3) is 11.0 Å². The van der Waals surface area contributed by atoms with Gasteiger partial charge in [-0.3, -0.25) is 4.72 Å². The highest BCUT2D eigenvalue weighted by atomic mass is 32.2. The largest absolute Gasteiger partial charge is 0.277 e. The maximum absolute atomic E-state index is 13.7. The van der Waals surface area contributed by atoms with Crippen molar-refractivity contribution in [2.24, 2.45) is 0 Å². The molecule has 0 aliphatic heterocycles. The van der Waals surface area contributed by atoms with E-state index in [1.54, 1.807) is 6.07 Å². The van der Waals surface area contributed by atoms with Gasteiger partial charge in [0.1, 0.15) is 15.9 Å².